The van der Waals surface area contributed by atoms with E-state index in [1.54, 1.807) is 37.4 Å². The van der Waals surface area contributed by atoms with Crippen LogP contribution in [0.1, 0.15) is 30.1 Å². The van der Waals surface area contributed by atoms with E-state index in [9.17, 15) is 4.79 Å². The van der Waals surface area contributed by atoms with Gasteiger partial charge in [0.2, 0.25) is 5.82 Å². The summed E-state index contributed by atoms with van der Waals surface area (Å²) in [7, 11) is 1.61. The van der Waals surface area contributed by atoms with E-state index in [4.69, 9.17) is 14.0 Å². The summed E-state index contributed by atoms with van der Waals surface area (Å²) >= 11 is 0. The van der Waals surface area contributed by atoms with Crippen molar-refractivity contribution in [1.29, 1.82) is 0 Å². The van der Waals surface area contributed by atoms with Crippen LogP contribution in [0.4, 0.5) is 0 Å². The number of carbonyl (C=O) groups excluding carboxylic acids is 1. The summed E-state index contributed by atoms with van der Waals surface area (Å²) in [6.07, 6.45) is 0. The maximum absolute atomic E-state index is 12.1. The van der Waals surface area contributed by atoms with Crippen LogP contribution in [0, 0.1) is 0 Å². The molecule has 3 rings (SSSR count). The SMILES string of the molecule is COc1ccc(OCc2nc(-c3cccc(C(=O)NC(C)C)c3)no2)cc1. The van der Waals surface area contributed by atoms with Crippen molar-refractivity contribution in [2.45, 2.75) is 26.5 Å². The highest BCUT2D eigenvalue weighted by Crippen LogP contribution is 2.20. The molecule has 1 amide bonds. The molecule has 1 heterocycles. The quantitative estimate of drug-likeness (QED) is 0.688. The number of hydrogen-bond donors (Lipinski definition) is 1. The predicted molar refractivity (Wildman–Crippen MR) is 99.7 cm³/mol. The predicted octanol–water partition coefficient (Wildman–Crippen LogP) is 3.46. The van der Waals surface area contributed by atoms with Crippen LogP contribution in [0.2, 0.25) is 0 Å². The Morgan fingerprint density at radius 3 is 2.59 bits per heavy atom. The van der Waals surface area contributed by atoms with Crippen molar-refractivity contribution in [3.05, 3.63) is 60.0 Å². The smallest absolute Gasteiger partial charge is 0.264 e. The summed E-state index contributed by atoms with van der Waals surface area (Å²) in [5, 5.41) is 6.83. The minimum absolute atomic E-state index is 0.0630. The van der Waals surface area contributed by atoms with Gasteiger partial charge in [-0.3, -0.25) is 4.79 Å². The highest BCUT2D eigenvalue weighted by Gasteiger charge is 2.13. The number of methoxy groups -OCH3 is 1. The fourth-order valence-corrected chi connectivity index (χ4v) is 2.39. The van der Waals surface area contributed by atoms with Gasteiger partial charge in [-0.05, 0) is 50.2 Å². The number of nitrogens with zero attached hydrogens (tertiary/aromatic N) is 2. The van der Waals surface area contributed by atoms with Crippen LogP contribution in [0.15, 0.2) is 53.1 Å². The Labute approximate surface area is 157 Å². The number of hydrogen-bond acceptors (Lipinski definition) is 6. The van der Waals surface area contributed by atoms with E-state index in [1.807, 2.05) is 32.0 Å². The second-order valence-corrected chi connectivity index (χ2v) is 6.18. The minimum atomic E-state index is -0.140. The second kappa shape index (κ2) is 8.35. The van der Waals surface area contributed by atoms with Crippen LogP contribution in [0.3, 0.4) is 0 Å². The molecule has 7 nitrogen and oxygen atoms in total. The number of ether oxygens (including phenoxy) is 2. The number of benzene rings is 2. The van der Waals surface area contributed by atoms with Crippen LogP contribution in [0.5, 0.6) is 11.5 Å². The molecule has 7 heteroatoms. The number of rotatable bonds is 7. The van der Waals surface area contributed by atoms with Crippen LogP contribution < -0.4 is 14.8 Å². The average molecular weight is 367 g/mol. The first-order valence-electron chi connectivity index (χ1n) is 8.56. The third kappa shape index (κ3) is 4.84. The lowest BCUT2D eigenvalue weighted by Gasteiger charge is -2.08. The van der Waals surface area contributed by atoms with Gasteiger partial charge in [0.1, 0.15) is 11.5 Å². The highest BCUT2D eigenvalue weighted by atomic mass is 16.5. The average Bonchev–Trinajstić information content (AvgIpc) is 3.15. The lowest BCUT2D eigenvalue weighted by atomic mass is 10.1. The van der Waals surface area contributed by atoms with Gasteiger partial charge in [0.15, 0.2) is 6.61 Å². The molecular weight excluding hydrogens is 346 g/mol. The molecule has 0 fully saturated rings. The molecule has 0 aliphatic rings. The summed E-state index contributed by atoms with van der Waals surface area (Å²) in [5.74, 6) is 2.03. The Morgan fingerprint density at radius 1 is 1.15 bits per heavy atom. The first kappa shape index (κ1) is 18.4. The van der Waals surface area contributed by atoms with Gasteiger partial charge in [0.25, 0.3) is 11.8 Å². The van der Waals surface area contributed by atoms with Crippen molar-refractivity contribution < 1.29 is 18.8 Å². The molecule has 0 spiro atoms. The zero-order valence-electron chi connectivity index (χ0n) is 15.4. The van der Waals surface area contributed by atoms with Gasteiger partial charge in [0.05, 0.1) is 7.11 Å². The number of carbonyl (C=O) groups is 1. The summed E-state index contributed by atoms with van der Waals surface area (Å²) in [5.41, 5.74) is 1.24. The van der Waals surface area contributed by atoms with E-state index < -0.39 is 0 Å². The maximum atomic E-state index is 12.1. The Balaban J connectivity index is 1.67. The largest absolute Gasteiger partial charge is 0.497 e. The molecule has 0 radical (unpaired) electrons. The van der Waals surface area contributed by atoms with Crippen molar-refractivity contribution >= 4 is 5.91 Å². The van der Waals surface area contributed by atoms with Crippen LogP contribution in [-0.4, -0.2) is 29.2 Å². The van der Waals surface area contributed by atoms with Crippen molar-refractivity contribution in [2.24, 2.45) is 0 Å². The van der Waals surface area contributed by atoms with E-state index in [-0.39, 0.29) is 18.6 Å². The van der Waals surface area contributed by atoms with Crippen LogP contribution in [0.25, 0.3) is 11.4 Å². The number of nitrogens with one attached hydrogen (secondary N) is 1. The molecule has 0 atom stereocenters. The standard InChI is InChI=1S/C20H21N3O4/c1-13(2)21-20(24)15-6-4-5-14(11-15)19-22-18(27-23-19)12-26-17-9-7-16(25-3)8-10-17/h4-11,13H,12H2,1-3H3,(H,21,24). The third-order valence-corrected chi connectivity index (χ3v) is 3.69. The van der Waals surface area contributed by atoms with Gasteiger partial charge in [-0.2, -0.15) is 4.98 Å². The number of aromatic nitrogens is 2. The first-order valence-corrected chi connectivity index (χ1v) is 8.56. The minimum Gasteiger partial charge on any atom is -0.497 e. The highest BCUT2D eigenvalue weighted by molar-refractivity contribution is 5.95. The Morgan fingerprint density at radius 2 is 1.89 bits per heavy atom. The summed E-state index contributed by atoms with van der Waals surface area (Å²) < 4.78 is 16.0. The topological polar surface area (TPSA) is 86.5 Å². The molecule has 3 aromatic rings. The molecule has 0 aliphatic heterocycles. The third-order valence-electron chi connectivity index (χ3n) is 3.69. The van der Waals surface area contributed by atoms with Gasteiger partial charge in [-0.15, -0.1) is 0 Å². The van der Waals surface area contributed by atoms with Gasteiger partial charge in [-0.25, -0.2) is 0 Å². The molecular formula is C20H21N3O4. The van der Waals surface area contributed by atoms with E-state index in [0.29, 0.717) is 28.6 Å². The molecule has 1 N–H and O–H groups in total. The van der Waals surface area contributed by atoms with Gasteiger partial charge in [0, 0.05) is 17.2 Å². The van der Waals surface area contributed by atoms with Gasteiger partial charge in [-0.1, -0.05) is 17.3 Å². The molecule has 0 bridgehead atoms. The summed E-state index contributed by atoms with van der Waals surface area (Å²) in [6.45, 7) is 3.97. The van der Waals surface area contributed by atoms with E-state index in [0.717, 1.165) is 5.75 Å². The summed E-state index contributed by atoms with van der Waals surface area (Å²) in [6, 6.07) is 14.4. The molecule has 0 unspecified atom stereocenters. The van der Waals surface area contributed by atoms with Crippen molar-refractivity contribution in [3.63, 3.8) is 0 Å². The Hall–Kier alpha value is -3.35. The van der Waals surface area contributed by atoms with Crippen molar-refractivity contribution in [2.75, 3.05) is 7.11 Å². The van der Waals surface area contributed by atoms with E-state index in [2.05, 4.69) is 15.5 Å². The molecule has 140 valence electrons. The normalized spacial score (nSPS) is 10.7. The molecule has 0 aliphatic carbocycles. The molecule has 2 aromatic carbocycles. The van der Waals surface area contributed by atoms with Crippen LogP contribution >= 0.6 is 0 Å². The molecule has 0 saturated carbocycles. The maximum Gasteiger partial charge on any atom is 0.264 e. The first-order chi connectivity index (χ1) is 13.0. The van der Waals surface area contributed by atoms with Crippen molar-refractivity contribution in [1.82, 2.24) is 15.5 Å². The van der Waals surface area contributed by atoms with Crippen molar-refractivity contribution in [3.8, 4) is 22.9 Å². The molecule has 27 heavy (non-hydrogen) atoms. The lowest BCUT2D eigenvalue weighted by molar-refractivity contribution is 0.0943. The second-order valence-electron chi connectivity index (χ2n) is 6.18. The van der Waals surface area contributed by atoms with E-state index >= 15 is 0 Å². The zero-order chi connectivity index (χ0) is 19.2. The fourth-order valence-electron chi connectivity index (χ4n) is 2.39. The molecule has 1 aromatic heterocycles. The fraction of sp³-hybridized carbons (Fsp3) is 0.250. The van der Waals surface area contributed by atoms with Crippen LogP contribution in [-0.2, 0) is 6.61 Å². The Bertz CT molecular complexity index is 904. The monoisotopic (exact) mass is 367 g/mol. The zero-order valence-corrected chi connectivity index (χ0v) is 15.4. The number of amides is 1. The summed E-state index contributed by atoms with van der Waals surface area (Å²) in [4.78, 5) is 16.5. The van der Waals surface area contributed by atoms with E-state index in [1.165, 1.54) is 0 Å². The van der Waals surface area contributed by atoms with Gasteiger partial charge >= 0.3 is 0 Å². The lowest BCUT2D eigenvalue weighted by Crippen LogP contribution is -2.30. The molecule has 0 saturated heterocycles. The van der Waals surface area contributed by atoms with Gasteiger partial charge < -0.3 is 19.3 Å². The Kier molecular flexibility index (Phi) is 5.71.